The lowest BCUT2D eigenvalue weighted by atomic mass is 10.7. The molecule has 0 aliphatic carbocycles. The van der Waals surface area contributed by atoms with Gasteiger partial charge in [0.15, 0.2) is 0 Å². The van der Waals surface area contributed by atoms with Crippen LogP contribution in [0.3, 0.4) is 0 Å². The third-order valence-corrected chi connectivity index (χ3v) is 4.28. The molecular weight excluding hydrogens is 344 g/mol. The van der Waals surface area contributed by atoms with Crippen LogP contribution in [0.2, 0.25) is 0 Å². The average molecular weight is 346 g/mol. The van der Waals surface area contributed by atoms with Crippen LogP contribution in [-0.4, -0.2) is 40.2 Å². The highest BCUT2D eigenvalue weighted by molar-refractivity contribution is 8.00. The summed E-state index contributed by atoms with van der Waals surface area (Å²) < 4.78 is 138. The topological polar surface area (TPSA) is 77.5 Å². The van der Waals surface area contributed by atoms with Crippen LogP contribution < -0.4 is 0 Å². The van der Waals surface area contributed by atoms with Crippen LogP contribution in [0.25, 0.3) is 0 Å². The van der Waals surface area contributed by atoms with E-state index in [-0.39, 0.29) is 0 Å². The second kappa shape index (κ2) is 5.01. The van der Waals surface area contributed by atoms with Gasteiger partial charge in [-0.25, -0.2) is 8.78 Å². The van der Waals surface area contributed by atoms with E-state index in [1.54, 1.807) is 0 Å². The number of hydrogen-bond donors (Lipinski definition) is 0. The zero-order valence-electron chi connectivity index (χ0n) is 8.04. The third kappa shape index (κ3) is 4.72. The van der Waals surface area contributed by atoms with Gasteiger partial charge in [-0.1, -0.05) is 0 Å². The molecule has 19 heavy (non-hydrogen) atoms. The zero-order chi connectivity index (χ0) is 15.9. The molecule has 0 N–H and O–H groups in total. The number of alkyl halides is 8. The predicted octanol–water partition coefficient (Wildman–Crippen LogP) is 1.38. The first kappa shape index (κ1) is 18.3. The van der Waals surface area contributed by atoms with Crippen LogP contribution in [0, 0.1) is 0 Å². The Balaban J connectivity index is 5.38. The van der Waals surface area contributed by atoms with Crippen LogP contribution in [0.1, 0.15) is 0 Å². The van der Waals surface area contributed by atoms with Gasteiger partial charge in [0.25, 0.3) is 0 Å². The Morgan fingerprint density at radius 3 is 1.05 bits per heavy atom. The van der Waals surface area contributed by atoms with E-state index in [2.05, 4.69) is 3.63 Å². The summed E-state index contributed by atoms with van der Waals surface area (Å²) in [7, 11) is -13.4. The molecule has 0 rings (SSSR count). The first-order chi connectivity index (χ1) is 8.02. The summed E-state index contributed by atoms with van der Waals surface area (Å²) in [5.41, 5.74) is -9.90. The van der Waals surface area contributed by atoms with Crippen LogP contribution in [-0.2, 0) is 23.9 Å². The van der Waals surface area contributed by atoms with Gasteiger partial charge in [0, 0.05) is 0 Å². The van der Waals surface area contributed by atoms with Crippen molar-refractivity contribution in [3.63, 3.8) is 0 Å². The van der Waals surface area contributed by atoms with Crippen molar-refractivity contribution in [1.82, 2.24) is 0 Å². The molecule has 0 aliphatic rings. The first-order valence-electron chi connectivity index (χ1n) is 3.62. The molecule has 2 atom stereocenters. The maximum atomic E-state index is 12.3. The van der Waals surface area contributed by atoms with Gasteiger partial charge in [0.2, 0.25) is 0 Å². The van der Waals surface area contributed by atoms with E-state index in [0.717, 1.165) is 0 Å². The smallest absolute Gasteiger partial charge is 0.217 e. The standard InChI is InChI=1S/C4H2F8O5S2/c5-1(3(7,8)9)18(13,14)17-19(15,16)2(6)4(10,11)12/h1-2H. The molecule has 0 saturated heterocycles. The van der Waals surface area contributed by atoms with Crippen LogP contribution in [0.15, 0.2) is 0 Å². The van der Waals surface area contributed by atoms with E-state index in [1.807, 2.05) is 0 Å². The maximum absolute atomic E-state index is 12.3. The number of rotatable bonds is 4. The lowest BCUT2D eigenvalue weighted by Gasteiger charge is -2.15. The second-order valence-corrected chi connectivity index (χ2v) is 6.11. The summed E-state index contributed by atoms with van der Waals surface area (Å²) in [5.74, 6) is 0. The highest BCUT2D eigenvalue weighted by atomic mass is 32.3. The van der Waals surface area contributed by atoms with E-state index in [1.165, 1.54) is 0 Å². The van der Waals surface area contributed by atoms with Crippen molar-refractivity contribution in [3.8, 4) is 0 Å². The molecule has 0 radical (unpaired) electrons. The fourth-order valence-electron chi connectivity index (χ4n) is 0.528. The van der Waals surface area contributed by atoms with Gasteiger partial charge in [-0.05, 0) is 0 Å². The Bertz CT molecular complexity index is 466. The van der Waals surface area contributed by atoms with Crippen molar-refractivity contribution in [2.75, 3.05) is 0 Å². The molecule has 2 unspecified atom stereocenters. The van der Waals surface area contributed by atoms with Crippen LogP contribution in [0.5, 0.6) is 0 Å². The third-order valence-electron chi connectivity index (χ3n) is 1.21. The Hall–Kier alpha value is -0.700. The molecule has 0 saturated carbocycles. The molecule has 5 nitrogen and oxygen atoms in total. The monoisotopic (exact) mass is 346 g/mol. The van der Waals surface area contributed by atoms with Crippen molar-refractivity contribution < 1.29 is 55.6 Å². The van der Waals surface area contributed by atoms with Crippen molar-refractivity contribution >= 4 is 20.2 Å². The van der Waals surface area contributed by atoms with E-state index in [0.29, 0.717) is 0 Å². The van der Waals surface area contributed by atoms with Gasteiger partial charge in [0.05, 0.1) is 0 Å². The van der Waals surface area contributed by atoms with Gasteiger partial charge < -0.3 is 0 Å². The van der Waals surface area contributed by atoms with Crippen LogP contribution in [0.4, 0.5) is 35.1 Å². The SMILES string of the molecule is O=S(=O)(OS(=O)(=O)C(F)C(F)(F)F)C(F)C(F)(F)F. The van der Waals surface area contributed by atoms with Gasteiger partial charge in [-0.15, -0.1) is 3.63 Å². The molecule has 0 aliphatic heterocycles. The summed E-state index contributed by atoms with van der Waals surface area (Å²) in [6, 6.07) is 0. The quantitative estimate of drug-likeness (QED) is 0.719. The van der Waals surface area contributed by atoms with E-state index in [4.69, 9.17) is 0 Å². The lowest BCUT2D eigenvalue weighted by molar-refractivity contribution is -0.158. The highest BCUT2D eigenvalue weighted by Crippen LogP contribution is 2.32. The van der Waals surface area contributed by atoms with Crippen molar-refractivity contribution in [1.29, 1.82) is 0 Å². The Labute approximate surface area is 99.9 Å². The molecule has 15 heteroatoms. The summed E-state index contributed by atoms with van der Waals surface area (Å²) in [5, 5.41) is 0. The maximum Gasteiger partial charge on any atom is 0.436 e. The molecule has 0 amide bonds. The summed E-state index contributed by atoms with van der Waals surface area (Å²) in [4.78, 5) is 0. The van der Waals surface area contributed by atoms with Gasteiger partial charge >= 0.3 is 43.6 Å². The van der Waals surface area contributed by atoms with E-state index >= 15 is 0 Å². The molecule has 0 aromatic rings. The van der Waals surface area contributed by atoms with Gasteiger partial charge in [-0.2, -0.15) is 43.2 Å². The summed E-state index contributed by atoms with van der Waals surface area (Å²) in [6.07, 6.45) is -12.3. The Morgan fingerprint density at radius 2 is 0.895 bits per heavy atom. The molecule has 0 bridgehead atoms. The average Bonchev–Trinajstić information content (AvgIpc) is 2.10. The minimum absolute atomic E-state index is 2.36. The van der Waals surface area contributed by atoms with E-state index < -0.39 is 43.6 Å². The Morgan fingerprint density at radius 1 is 0.684 bits per heavy atom. The fraction of sp³-hybridized carbons (Fsp3) is 1.00. The lowest BCUT2D eigenvalue weighted by Crippen LogP contribution is -2.40. The molecule has 0 spiro atoms. The molecule has 0 fully saturated rings. The zero-order valence-corrected chi connectivity index (χ0v) is 9.67. The van der Waals surface area contributed by atoms with Crippen molar-refractivity contribution in [2.45, 2.75) is 23.4 Å². The van der Waals surface area contributed by atoms with E-state index in [9.17, 15) is 52.0 Å². The number of hydrogen-bond acceptors (Lipinski definition) is 5. The molecule has 116 valence electrons. The molecular formula is C4H2F8O5S2. The Kier molecular flexibility index (Phi) is 4.82. The normalized spacial score (nSPS) is 18.1. The summed E-state index contributed by atoms with van der Waals surface area (Å²) >= 11 is 0. The minimum Gasteiger partial charge on any atom is -0.217 e. The molecule has 0 aromatic carbocycles. The second-order valence-electron chi connectivity index (χ2n) is 2.77. The fourth-order valence-corrected chi connectivity index (χ4v) is 2.79. The van der Waals surface area contributed by atoms with Gasteiger partial charge in [-0.3, -0.25) is 0 Å². The van der Waals surface area contributed by atoms with Crippen molar-refractivity contribution in [3.05, 3.63) is 0 Å². The van der Waals surface area contributed by atoms with Crippen LogP contribution >= 0.6 is 0 Å². The largest absolute Gasteiger partial charge is 0.436 e. The summed E-state index contributed by atoms with van der Waals surface area (Å²) in [6.45, 7) is 0. The number of halogens is 8. The van der Waals surface area contributed by atoms with Crippen molar-refractivity contribution in [2.24, 2.45) is 0 Å². The first-order valence-corrected chi connectivity index (χ1v) is 6.56. The predicted molar refractivity (Wildman–Crippen MR) is 40.8 cm³/mol. The highest BCUT2D eigenvalue weighted by Gasteiger charge is 2.57. The van der Waals surface area contributed by atoms with Gasteiger partial charge in [0.1, 0.15) is 0 Å². The molecule has 0 aromatic heterocycles. The minimum atomic E-state index is -6.70. The molecule has 0 heterocycles.